The van der Waals surface area contributed by atoms with Gasteiger partial charge in [-0.1, -0.05) is 30.3 Å². The molecule has 0 bridgehead atoms. The summed E-state index contributed by atoms with van der Waals surface area (Å²) in [4.78, 5) is 0. The first-order chi connectivity index (χ1) is 10.7. The SMILES string of the molecule is FC(F)(F)C1CCC(N2NC2(c2ccccc2)C(F)(F)F)CC1. The molecule has 1 heterocycles. The van der Waals surface area contributed by atoms with Crippen LogP contribution in [0.15, 0.2) is 30.3 Å². The molecular formula is C15H16F6N2. The van der Waals surface area contributed by atoms with Crippen molar-refractivity contribution < 1.29 is 26.3 Å². The monoisotopic (exact) mass is 338 g/mol. The average molecular weight is 338 g/mol. The molecule has 1 aliphatic carbocycles. The van der Waals surface area contributed by atoms with Crippen LogP contribution in [0.2, 0.25) is 0 Å². The summed E-state index contributed by atoms with van der Waals surface area (Å²) in [5.41, 5.74) is 0.176. The minimum atomic E-state index is -4.55. The minimum absolute atomic E-state index is 0.0606. The third-order valence-corrected chi connectivity index (χ3v) is 4.72. The van der Waals surface area contributed by atoms with Crippen molar-refractivity contribution >= 4 is 0 Å². The first-order valence-corrected chi connectivity index (χ1v) is 7.42. The number of rotatable bonds is 2. The highest BCUT2D eigenvalue weighted by atomic mass is 19.4. The molecular weight excluding hydrogens is 322 g/mol. The second kappa shape index (κ2) is 5.37. The summed E-state index contributed by atoms with van der Waals surface area (Å²) in [5, 5.41) is 1.08. The van der Waals surface area contributed by atoms with Crippen LogP contribution in [0, 0.1) is 5.92 Å². The quantitative estimate of drug-likeness (QED) is 0.641. The Morgan fingerprint density at radius 3 is 1.96 bits per heavy atom. The van der Waals surface area contributed by atoms with Gasteiger partial charge in [0.05, 0.1) is 5.92 Å². The third kappa shape index (κ3) is 2.82. The second-order valence-electron chi connectivity index (χ2n) is 6.10. The molecule has 1 aliphatic heterocycles. The lowest BCUT2D eigenvalue weighted by Crippen LogP contribution is -2.40. The Morgan fingerprint density at radius 2 is 1.48 bits per heavy atom. The van der Waals surface area contributed by atoms with Gasteiger partial charge in [0.1, 0.15) is 0 Å². The maximum Gasteiger partial charge on any atom is 0.426 e. The van der Waals surface area contributed by atoms with Gasteiger partial charge in [0, 0.05) is 6.04 Å². The Kier molecular flexibility index (Phi) is 3.87. The highest BCUT2D eigenvalue weighted by molar-refractivity contribution is 5.31. The molecule has 128 valence electrons. The molecule has 0 spiro atoms. The largest absolute Gasteiger partial charge is 0.426 e. The van der Waals surface area contributed by atoms with Crippen molar-refractivity contribution in [1.29, 1.82) is 0 Å². The second-order valence-corrected chi connectivity index (χ2v) is 6.10. The van der Waals surface area contributed by atoms with E-state index >= 15 is 0 Å². The van der Waals surface area contributed by atoms with Crippen LogP contribution in [0.4, 0.5) is 26.3 Å². The van der Waals surface area contributed by atoms with Gasteiger partial charge in [-0.15, -0.1) is 0 Å². The normalized spacial score (nSPS) is 35.1. The maximum absolute atomic E-state index is 13.6. The fourth-order valence-corrected chi connectivity index (χ4v) is 3.42. The van der Waals surface area contributed by atoms with Crippen molar-refractivity contribution in [3.8, 4) is 0 Å². The molecule has 2 nitrogen and oxygen atoms in total. The molecule has 2 unspecified atom stereocenters. The number of benzene rings is 1. The average Bonchev–Trinajstić information content (AvgIpc) is 3.24. The van der Waals surface area contributed by atoms with Crippen molar-refractivity contribution in [3.63, 3.8) is 0 Å². The van der Waals surface area contributed by atoms with Gasteiger partial charge in [-0.25, -0.2) is 10.4 Å². The van der Waals surface area contributed by atoms with Gasteiger partial charge in [0.15, 0.2) is 0 Å². The molecule has 2 atom stereocenters. The minimum Gasteiger partial charge on any atom is -0.219 e. The van der Waals surface area contributed by atoms with Crippen LogP contribution in [0.5, 0.6) is 0 Å². The Balaban J connectivity index is 1.76. The van der Waals surface area contributed by atoms with E-state index in [-0.39, 0.29) is 31.2 Å². The summed E-state index contributed by atoms with van der Waals surface area (Å²) >= 11 is 0. The molecule has 1 saturated heterocycles. The number of hydrogen-bond acceptors (Lipinski definition) is 2. The maximum atomic E-state index is 13.6. The third-order valence-electron chi connectivity index (χ3n) is 4.72. The lowest BCUT2D eigenvalue weighted by molar-refractivity contribution is -0.190. The molecule has 2 fully saturated rings. The first-order valence-electron chi connectivity index (χ1n) is 7.42. The van der Waals surface area contributed by atoms with Gasteiger partial charge in [-0.3, -0.25) is 0 Å². The lowest BCUT2D eigenvalue weighted by Gasteiger charge is -2.31. The van der Waals surface area contributed by atoms with Gasteiger partial charge >= 0.3 is 12.4 Å². The highest BCUT2D eigenvalue weighted by Gasteiger charge is 2.72. The van der Waals surface area contributed by atoms with E-state index in [0.717, 1.165) is 5.01 Å². The molecule has 0 amide bonds. The van der Waals surface area contributed by atoms with Crippen molar-refractivity contribution in [2.75, 3.05) is 0 Å². The Bertz CT molecular complexity index is 547. The smallest absolute Gasteiger partial charge is 0.219 e. The number of halogens is 6. The predicted molar refractivity (Wildman–Crippen MR) is 71.0 cm³/mol. The number of hydrazine groups is 1. The molecule has 2 aliphatic rings. The molecule has 0 radical (unpaired) electrons. The summed E-state index contributed by atoms with van der Waals surface area (Å²) < 4.78 is 78.8. The fourth-order valence-electron chi connectivity index (χ4n) is 3.42. The van der Waals surface area contributed by atoms with E-state index in [1.54, 1.807) is 6.07 Å². The Labute approximate surface area is 129 Å². The van der Waals surface area contributed by atoms with Crippen molar-refractivity contribution in [1.82, 2.24) is 10.4 Å². The fraction of sp³-hybridized carbons (Fsp3) is 0.600. The zero-order valence-corrected chi connectivity index (χ0v) is 12.1. The standard InChI is InChI=1S/C15H16F6N2/c16-14(17,18)11-6-8-12(9-7-11)23-13(22-23,15(19,20)21)10-4-2-1-3-5-10/h1-5,11-12,22H,6-9H2. The predicted octanol–water partition coefficient (Wildman–Crippen LogP) is 4.34. The van der Waals surface area contributed by atoms with E-state index in [1.165, 1.54) is 24.3 Å². The first kappa shape index (κ1) is 16.6. The van der Waals surface area contributed by atoms with E-state index in [9.17, 15) is 26.3 Å². The zero-order chi connectivity index (χ0) is 16.9. The molecule has 1 aromatic carbocycles. The topological polar surface area (TPSA) is 25.0 Å². The molecule has 23 heavy (non-hydrogen) atoms. The summed E-state index contributed by atoms with van der Waals surface area (Å²) in [5.74, 6) is -1.41. The summed E-state index contributed by atoms with van der Waals surface area (Å²) in [7, 11) is 0. The Hall–Kier alpha value is -1.28. The van der Waals surface area contributed by atoms with Gasteiger partial charge in [-0.2, -0.15) is 26.3 Å². The van der Waals surface area contributed by atoms with E-state index in [4.69, 9.17) is 0 Å². The van der Waals surface area contributed by atoms with Gasteiger partial charge < -0.3 is 0 Å². The molecule has 3 rings (SSSR count). The Morgan fingerprint density at radius 1 is 0.913 bits per heavy atom. The van der Waals surface area contributed by atoms with Crippen molar-refractivity contribution in [2.45, 2.75) is 49.7 Å². The van der Waals surface area contributed by atoms with Crippen molar-refractivity contribution in [3.05, 3.63) is 35.9 Å². The van der Waals surface area contributed by atoms with Crippen LogP contribution < -0.4 is 5.43 Å². The highest BCUT2D eigenvalue weighted by Crippen LogP contribution is 2.53. The van der Waals surface area contributed by atoms with Crippen LogP contribution in [0.3, 0.4) is 0 Å². The molecule has 8 heteroatoms. The van der Waals surface area contributed by atoms with Crippen LogP contribution >= 0.6 is 0 Å². The van der Waals surface area contributed by atoms with Gasteiger partial charge in [0.2, 0.25) is 5.66 Å². The molecule has 1 N–H and O–H groups in total. The van der Waals surface area contributed by atoms with Crippen molar-refractivity contribution in [2.24, 2.45) is 5.92 Å². The van der Waals surface area contributed by atoms with E-state index in [1.807, 2.05) is 0 Å². The summed E-state index contributed by atoms with van der Waals surface area (Å²) in [6.45, 7) is 0. The van der Waals surface area contributed by atoms with Crippen LogP contribution in [-0.4, -0.2) is 23.4 Å². The van der Waals surface area contributed by atoms with Crippen LogP contribution in [0.1, 0.15) is 31.2 Å². The van der Waals surface area contributed by atoms with Crippen LogP contribution in [-0.2, 0) is 5.66 Å². The molecule has 0 aromatic heterocycles. The van der Waals surface area contributed by atoms with Gasteiger partial charge in [0.25, 0.3) is 0 Å². The van der Waals surface area contributed by atoms with Crippen LogP contribution in [0.25, 0.3) is 0 Å². The summed E-state index contributed by atoms with van der Waals surface area (Å²) in [6.07, 6.45) is -8.87. The van der Waals surface area contributed by atoms with E-state index in [2.05, 4.69) is 5.43 Å². The lowest BCUT2D eigenvalue weighted by atomic mass is 9.85. The number of hydrogen-bond donors (Lipinski definition) is 1. The zero-order valence-electron chi connectivity index (χ0n) is 12.1. The number of nitrogens with zero attached hydrogens (tertiary/aromatic N) is 1. The molecule has 1 aromatic rings. The number of nitrogens with one attached hydrogen (secondary N) is 1. The molecule has 1 saturated carbocycles. The number of alkyl halides is 6. The van der Waals surface area contributed by atoms with E-state index in [0.29, 0.717) is 0 Å². The van der Waals surface area contributed by atoms with Gasteiger partial charge in [-0.05, 0) is 31.2 Å². The van der Waals surface area contributed by atoms with E-state index < -0.39 is 30.0 Å². The summed E-state index contributed by atoms with van der Waals surface area (Å²) in [6, 6.07) is 6.86.